The summed E-state index contributed by atoms with van der Waals surface area (Å²) in [7, 11) is 0. The quantitative estimate of drug-likeness (QED) is 0.738. The summed E-state index contributed by atoms with van der Waals surface area (Å²) in [4.78, 5) is 14.8. The minimum atomic E-state index is -0.900. The number of ether oxygens (including phenoxy) is 1. The molecule has 1 amide bonds. The van der Waals surface area contributed by atoms with E-state index in [2.05, 4.69) is 10.2 Å². The first-order valence-electron chi connectivity index (χ1n) is 8.42. The fourth-order valence-electron chi connectivity index (χ4n) is 2.73. The molecule has 0 spiro atoms. The summed E-state index contributed by atoms with van der Waals surface area (Å²) in [5.74, 6) is 0.553. The number of hydrogen-bond acceptors (Lipinski definition) is 3. The lowest BCUT2D eigenvalue weighted by molar-refractivity contribution is -0.134. The number of halogens is 1. The Hall–Kier alpha value is -1.26. The Morgan fingerprint density at radius 2 is 1.87 bits per heavy atom. The molecule has 0 radical (unpaired) electrons. The molecule has 1 heterocycles. The molecule has 23 heavy (non-hydrogen) atoms. The summed E-state index contributed by atoms with van der Waals surface area (Å²) < 4.78 is 5.78. The van der Waals surface area contributed by atoms with Crippen molar-refractivity contribution >= 4 is 17.5 Å². The molecular formula is C18H27ClN2O2. The lowest BCUT2D eigenvalue weighted by Crippen LogP contribution is -2.46. The summed E-state index contributed by atoms with van der Waals surface area (Å²) in [5.41, 5.74) is -0.900. The molecule has 0 bridgehead atoms. The fourth-order valence-corrected chi connectivity index (χ4v) is 2.85. The minimum absolute atomic E-state index is 0.0892. The summed E-state index contributed by atoms with van der Waals surface area (Å²) in [6, 6.07) is 7.05. The van der Waals surface area contributed by atoms with Gasteiger partial charge in [-0.15, -0.1) is 0 Å². The highest BCUT2D eigenvalue weighted by atomic mass is 35.5. The number of carbonyl (C=O) groups excluding carboxylic acids is 1. The maximum atomic E-state index is 12.3. The van der Waals surface area contributed by atoms with E-state index < -0.39 is 5.60 Å². The normalized spacial score (nSPS) is 15.6. The minimum Gasteiger partial charge on any atom is -0.478 e. The Labute approximate surface area is 144 Å². The Morgan fingerprint density at radius 1 is 1.22 bits per heavy atom. The van der Waals surface area contributed by atoms with Crippen LogP contribution in [0.15, 0.2) is 24.3 Å². The van der Waals surface area contributed by atoms with Crippen LogP contribution in [0, 0.1) is 0 Å². The second-order valence-corrected chi connectivity index (χ2v) is 7.01. The maximum absolute atomic E-state index is 12.3. The van der Waals surface area contributed by atoms with Crippen LogP contribution < -0.4 is 10.1 Å². The van der Waals surface area contributed by atoms with Crippen LogP contribution in [0.1, 0.15) is 39.5 Å². The van der Waals surface area contributed by atoms with Gasteiger partial charge in [0.1, 0.15) is 5.75 Å². The van der Waals surface area contributed by atoms with Gasteiger partial charge in [-0.1, -0.05) is 11.6 Å². The molecule has 1 aliphatic rings. The van der Waals surface area contributed by atoms with E-state index in [1.54, 1.807) is 38.1 Å². The predicted molar refractivity (Wildman–Crippen MR) is 94.1 cm³/mol. The Morgan fingerprint density at radius 3 is 2.52 bits per heavy atom. The van der Waals surface area contributed by atoms with E-state index in [9.17, 15) is 4.79 Å². The van der Waals surface area contributed by atoms with Gasteiger partial charge in [-0.3, -0.25) is 4.79 Å². The van der Waals surface area contributed by atoms with Crippen molar-refractivity contribution in [2.24, 2.45) is 0 Å². The molecule has 5 heteroatoms. The van der Waals surface area contributed by atoms with Crippen LogP contribution in [0.4, 0.5) is 0 Å². The molecule has 1 N–H and O–H groups in total. The van der Waals surface area contributed by atoms with Crippen LogP contribution >= 0.6 is 11.6 Å². The molecule has 1 aromatic carbocycles. The molecule has 0 unspecified atom stereocenters. The molecule has 128 valence electrons. The van der Waals surface area contributed by atoms with Gasteiger partial charge in [0.25, 0.3) is 5.91 Å². The lowest BCUT2D eigenvalue weighted by Gasteiger charge is -2.25. The van der Waals surface area contributed by atoms with Crippen molar-refractivity contribution in [3.63, 3.8) is 0 Å². The predicted octanol–water partition coefficient (Wildman–Crippen LogP) is 3.49. The average molecular weight is 339 g/mol. The number of benzene rings is 1. The van der Waals surface area contributed by atoms with Gasteiger partial charge in [0.2, 0.25) is 0 Å². The van der Waals surface area contributed by atoms with Gasteiger partial charge in [0.15, 0.2) is 5.60 Å². The van der Waals surface area contributed by atoms with Crippen molar-refractivity contribution in [2.75, 3.05) is 26.2 Å². The fraction of sp³-hybridized carbons (Fsp3) is 0.611. The van der Waals surface area contributed by atoms with Crippen molar-refractivity contribution in [1.29, 1.82) is 0 Å². The highest BCUT2D eigenvalue weighted by Gasteiger charge is 2.29. The van der Waals surface area contributed by atoms with Crippen molar-refractivity contribution in [2.45, 2.75) is 45.1 Å². The monoisotopic (exact) mass is 338 g/mol. The Bertz CT molecular complexity index is 496. The number of amides is 1. The first-order valence-corrected chi connectivity index (χ1v) is 8.80. The van der Waals surface area contributed by atoms with Crippen molar-refractivity contribution in [3.8, 4) is 5.75 Å². The van der Waals surface area contributed by atoms with Crippen molar-refractivity contribution in [1.82, 2.24) is 10.2 Å². The second kappa shape index (κ2) is 8.55. The molecule has 1 fully saturated rings. The standard InChI is InChI=1S/C18H27ClN2O2/c1-18(2,23-16-9-7-15(19)8-10-16)17(22)20-11-3-4-12-21-13-5-6-14-21/h7-10H,3-6,11-14H2,1-2H3,(H,20,22). The Kier molecular flexibility index (Phi) is 6.72. The maximum Gasteiger partial charge on any atom is 0.263 e. The third-order valence-corrected chi connectivity index (χ3v) is 4.37. The second-order valence-electron chi connectivity index (χ2n) is 6.58. The van der Waals surface area contributed by atoms with Gasteiger partial charge in [0, 0.05) is 11.6 Å². The van der Waals surface area contributed by atoms with E-state index >= 15 is 0 Å². The number of likely N-dealkylation sites (tertiary alicyclic amines) is 1. The van der Waals surface area contributed by atoms with Gasteiger partial charge in [-0.25, -0.2) is 0 Å². The zero-order valence-electron chi connectivity index (χ0n) is 14.1. The summed E-state index contributed by atoms with van der Waals surface area (Å²) in [6.45, 7) is 7.85. The number of carbonyl (C=O) groups is 1. The first kappa shape index (κ1) is 18.1. The summed E-state index contributed by atoms with van der Waals surface area (Å²) in [6.07, 6.45) is 4.78. The highest BCUT2D eigenvalue weighted by molar-refractivity contribution is 6.30. The highest BCUT2D eigenvalue weighted by Crippen LogP contribution is 2.21. The zero-order valence-corrected chi connectivity index (χ0v) is 14.9. The van der Waals surface area contributed by atoms with Crippen LogP contribution in [0.2, 0.25) is 5.02 Å². The number of nitrogens with one attached hydrogen (secondary N) is 1. The van der Waals surface area contributed by atoms with Crippen LogP contribution in [0.25, 0.3) is 0 Å². The molecule has 4 nitrogen and oxygen atoms in total. The molecule has 2 rings (SSSR count). The van der Waals surface area contributed by atoms with Crippen molar-refractivity contribution in [3.05, 3.63) is 29.3 Å². The van der Waals surface area contributed by atoms with E-state index in [0.717, 1.165) is 19.4 Å². The summed E-state index contributed by atoms with van der Waals surface area (Å²) >= 11 is 5.85. The van der Waals surface area contributed by atoms with Gasteiger partial charge in [-0.05, 0) is 83.4 Å². The van der Waals surface area contributed by atoms with Crippen LogP contribution in [0.3, 0.4) is 0 Å². The van der Waals surface area contributed by atoms with E-state index in [1.807, 2.05) is 0 Å². The number of unbranched alkanes of at least 4 members (excludes halogenated alkanes) is 1. The van der Waals surface area contributed by atoms with E-state index in [1.165, 1.54) is 25.9 Å². The van der Waals surface area contributed by atoms with Crippen molar-refractivity contribution < 1.29 is 9.53 Å². The Balaban J connectivity index is 1.67. The van der Waals surface area contributed by atoms with Crippen LogP contribution in [-0.4, -0.2) is 42.6 Å². The van der Waals surface area contributed by atoms with Crippen LogP contribution in [0.5, 0.6) is 5.75 Å². The van der Waals surface area contributed by atoms with Crippen LogP contribution in [-0.2, 0) is 4.79 Å². The van der Waals surface area contributed by atoms with Gasteiger partial charge >= 0.3 is 0 Å². The average Bonchev–Trinajstić information content (AvgIpc) is 3.02. The molecule has 0 atom stereocenters. The third kappa shape index (κ3) is 6.04. The van der Waals surface area contributed by atoms with E-state index in [0.29, 0.717) is 17.3 Å². The topological polar surface area (TPSA) is 41.6 Å². The molecule has 1 aromatic rings. The third-order valence-electron chi connectivity index (χ3n) is 4.12. The van der Waals surface area contributed by atoms with Gasteiger partial charge < -0.3 is 15.0 Å². The molecular weight excluding hydrogens is 312 g/mol. The molecule has 0 aliphatic carbocycles. The van der Waals surface area contributed by atoms with Gasteiger partial charge in [-0.2, -0.15) is 0 Å². The smallest absolute Gasteiger partial charge is 0.263 e. The molecule has 0 aromatic heterocycles. The van der Waals surface area contributed by atoms with E-state index in [4.69, 9.17) is 16.3 Å². The molecule has 0 saturated carbocycles. The first-order chi connectivity index (χ1) is 11.0. The number of nitrogens with zero attached hydrogens (tertiary/aromatic N) is 1. The molecule has 1 aliphatic heterocycles. The number of rotatable bonds is 8. The molecule has 1 saturated heterocycles. The van der Waals surface area contributed by atoms with E-state index in [-0.39, 0.29) is 5.91 Å². The van der Waals surface area contributed by atoms with Gasteiger partial charge in [0.05, 0.1) is 0 Å². The lowest BCUT2D eigenvalue weighted by atomic mass is 10.1. The SMILES string of the molecule is CC(C)(Oc1ccc(Cl)cc1)C(=O)NCCCCN1CCCC1. The summed E-state index contributed by atoms with van der Waals surface area (Å²) in [5, 5.41) is 3.62. The number of hydrogen-bond donors (Lipinski definition) is 1. The largest absolute Gasteiger partial charge is 0.478 e. The zero-order chi connectivity index (χ0) is 16.7.